The van der Waals surface area contributed by atoms with Crippen LogP contribution in [0, 0.1) is 11.3 Å². The molecule has 1 atom stereocenters. The van der Waals surface area contributed by atoms with Gasteiger partial charge in [-0.1, -0.05) is 25.7 Å². The Kier molecular flexibility index (Phi) is 4.26. The van der Waals surface area contributed by atoms with Crippen LogP contribution in [0.1, 0.15) is 58.3 Å². The van der Waals surface area contributed by atoms with Gasteiger partial charge in [0.1, 0.15) is 0 Å². The van der Waals surface area contributed by atoms with Crippen molar-refractivity contribution in [1.82, 2.24) is 5.32 Å². The quantitative estimate of drug-likeness (QED) is 0.754. The summed E-state index contributed by atoms with van der Waals surface area (Å²) in [7, 11) is 0. The largest absolute Gasteiger partial charge is 0.396 e. The average Bonchev–Trinajstić information content (AvgIpc) is 2.25. The fourth-order valence-electron chi connectivity index (χ4n) is 3.18. The highest BCUT2D eigenvalue weighted by Gasteiger charge is 2.32. The van der Waals surface area contributed by atoms with Gasteiger partial charge in [0.05, 0.1) is 0 Å². The number of rotatable bonds is 5. The number of hydrogen-bond donors (Lipinski definition) is 2. The minimum Gasteiger partial charge on any atom is -0.396 e. The van der Waals surface area contributed by atoms with Crippen LogP contribution in [-0.2, 0) is 0 Å². The van der Waals surface area contributed by atoms with Crippen LogP contribution in [0.25, 0.3) is 0 Å². The third kappa shape index (κ3) is 2.78. The molecule has 2 aliphatic rings. The number of nitrogens with one attached hydrogen (secondary N) is 1. The summed E-state index contributed by atoms with van der Waals surface area (Å²) in [5.41, 5.74) is 0.205. The van der Waals surface area contributed by atoms with E-state index in [1.165, 1.54) is 51.4 Å². The molecule has 2 fully saturated rings. The number of aliphatic hydroxyl groups excluding tert-OH is 1. The zero-order chi connectivity index (χ0) is 11.4. The van der Waals surface area contributed by atoms with Crippen LogP contribution in [0.5, 0.6) is 0 Å². The Morgan fingerprint density at radius 1 is 1.19 bits per heavy atom. The highest BCUT2D eigenvalue weighted by molar-refractivity contribution is 4.87. The van der Waals surface area contributed by atoms with Crippen LogP contribution in [0.15, 0.2) is 0 Å². The molecular formula is C14H27NO. The van der Waals surface area contributed by atoms with Crippen molar-refractivity contribution < 1.29 is 5.11 Å². The Morgan fingerprint density at radius 2 is 1.88 bits per heavy atom. The average molecular weight is 225 g/mol. The molecule has 0 saturated heterocycles. The second-order valence-electron chi connectivity index (χ2n) is 6.08. The van der Waals surface area contributed by atoms with Crippen molar-refractivity contribution in [2.45, 2.75) is 64.3 Å². The molecule has 1 unspecified atom stereocenters. The van der Waals surface area contributed by atoms with Crippen molar-refractivity contribution in [3.05, 3.63) is 0 Å². The Labute approximate surface area is 99.8 Å². The van der Waals surface area contributed by atoms with E-state index >= 15 is 0 Å². The Morgan fingerprint density at radius 3 is 2.38 bits per heavy atom. The van der Waals surface area contributed by atoms with Gasteiger partial charge >= 0.3 is 0 Å². The van der Waals surface area contributed by atoms with Gasteiger partial charge in [-0.05, 0) is 38.5 Å². The van der Waals surface area contributed by atoms with Gasteiger partial charge < -0.3 is 10.4 Å². The molecule has 2 N–H and O–H groups in total. The highest BCUT2D eigenvalue weighted by atomic mass is 16.3. The zero-order valence-corrected chi connectivity index (χ0v) is 10.7. The molecule has 0 amide bonds. The molecule has 0 aromatic rings. The summed E-state index contributed by atoms with van der Waals surface area (Å²) in [5.74, 6) is 0.902. The van der Waals surface area contributed by atoms with E-state index in [-0.39, 0.29) is 5.41 Å². The topological polar surface area (TPSA) is 32.3 Å². The molecule has 0 spiro atoms. The summed E-state index contributed by atoms with van der Waals surface area (Å²) in [4.78, 5) is 0. The first-order valence-corrected chi connectivity index (χ1v) is 7.10. The van der Waals surface area contributed by atoms with E-state index in [2.05, 4.69) is 12.2 Å². The van der Waals surface area contributed by atoms with Crippen molar-refractivity contribution in [3.63, 3.8) is 0 Å². The van der Waals surface area contributed by atoms with E-state index in [0.29, 0.717) is 12.6 Å². The monoisotopic (exact) mass is 225 g/mol. The van der Waals surface area contributed by atoms with E-state index < -0.39 is 0 Å². The van der Waals surface area contributed by atoms with Crippen LogP contribution in [0.4, 0.5) is 0 Å². The standard InChI is InChI=1S/C14H27NO/c1-12(13-6-5-7-13)15-10-14(11-16)8-3-2-4-9-14/h12-13,15-16H,2-11H2,1H3. The van der Waals surface area contributed by atoms with Gasteiger partial charge in [0.2, 0.25) is 0 Å². The number of hydrogen-bond acceptors (Lipinski definition) is 2. The summed E-state index contributed by atoms with van der Waals surface area (Å²) in [6.07, 6.45) is 10.6. The van der Waals surface area contributed by atoms with Gasteiger partial charge in [-0.3, -0.25) is 0 Å². The van der Waals surface area contributed by atoms with Gasteiger partial charge in [-0.2, -0.15) is 0 Å². The van der Waals surface area contributed by atoms with Crippen molar-refractivity contribution in [2.24, 2.45) is 11.3 Å². The van der Waals surface area contributed by atoms with Gasteiger partial charge in [0, 0.05) is 24.6 Å². The lowest BCUT2D eigenvalue weighted by molar-refractivity contribution is 0.0735. The minimum absolute atomic E-state index is 0.205. The summed E-state index contributed by atoms with van der Waals surface area (Å²) in [6, 6.07) is 0.652. The normalized spacial score (nSPS) is 27.4. The van der Waals surface area contributed by atoms with Gasteiger partial charge in [-0.15, -0.1) is 0 Å². The maximum atomic E-state index is 9.62. The Hall–Kier alpha value is -0.0800. The second-order valence-corrected chi connectivity index (χ2v) is 6.08. The lowest BCUT2D eigenvalue weighted by Gasteiger charge is -2.39. The molecule has 2 heteroatoms. The fourth-order valence-corrected chi connectivity index (χ4v) is 3.18. The number of aliphatic hydroxyl groups is 1. The first-order valence-electron chi connectivity index (χ1n) is 7.10. The summed E-state index contributed by atoms with van der Waals surface area (Å²) < 4.78 is 0. The van der Waals surface area contributed by atoms with E-state index in [4.69, 9.17) is 0 Å². The first-order chi connectivity index (χ1) is 7.76. The zero-order valence-electron chi connectivity index (χ0n) is 10.7. The predicted molar refractivity (Wildman–Crippen MR) is 67.4 cm³/mol. The molecule has 2 aliphatic carbocycles. The van der Waals surface area contributed by atoms with Crippen molar-refractivity contribution >= 4 is 0 Å². The molecule has 2 rings (SSSR count). The first kappa shape index (κ1) is 12.4. The molecule has 94 valence electrons. The highest BCUT2D eigenvalue weighted by Crippen LogP contribution is 2.36. The summed E-state index contributed by atoms with van der Waals surface area (Å²) in [6.45, 7) is 3.72. The molecule has 0 aromatic heterocycles. The van der Waals surface area contributed by atoms with E-state index in [1.807, 2.05) is 0 Å². The fraction of sp³-hybridized carbons (Fsp3) is 1.00. The summed E-state index contributed by atoms with van der Waals surface area (Å²) >= 11 is 0. The van der Waals surface area contributed by atoms with E-state index in [9.17, 15) is 5.11 Å². The van der Waals surface area contributed by atoms with E-state index in [1.54, 1.807) is 0 Å². The van der Waals surface area contributed by atoms with Gasteiger partial charge in [-0.25, -0.2) is 0 Å². The van der Waals surface area contributed by atoms with Crippen LogP contribution in [0.3, 0.4) is 0 Å². The molecule has 2 nitrogen and oxygen atoms in total. The predicted octanol–water partition coefficient (Wildman–Crippen LogP) is 2.71. The van der Waals surface area contributed by atoms with Crippen LogP contribution < -0.4 is 5.32 Å². The van der Waals surface area contributed by atoms with Crippen molar-refractivity contribution in [1.29, 1.82) is 0 Å². The smallest absolute Gasteiger partial charge is 0.0499 e. The Bertz CT molecular complexity index is 207. The molecule has 2 saturated carbocycles. The minimum atomic E-state index is 0.205. The molecule has 16 heavy (non-hydrogen) atoms. The second kappa shape index (κ2) is 5.50. The molecule has 0 bridgehead atoms. The van der Waals surface area contributed by atoms with Gasteiger partial charge in [0.15, 0.2) is 0 Å². The molecule has 0 aliphatic heterocycles. The molecule has 0 aromatic carbocycles. The van der Waals surface area contributed by atoms with E-state index in [0.717, 1.165) is 12.5 Å². The molecule has 0 heterocycles. The van der Waals surface area contributed by atoms with Crippen molar-refractivity contribution in [3.8, 4) is 0 Å². The summed E-state index contributed by atoms with van der Waals surface area (Å²) in [5, 5.41) is 13.3. The SMILES string of the molecule is CC(NCC1(CO)CCCCC1)C1CCC1. The maximum absolute atomic E-state index is 9.62. The Balaban J connectivity index is 1.76. The lowest BCUT2D eigenvalue weighted by Crippen LogP contribution is -2.45. The molecular weight excluding hydrogens is 198 g/mol. The third-order valence-electron chi connectivity index (χ3n) is 4.91. The maximum Gasteiger partial charge on any atom is 0.0499 e. The lowest BCUT2D eigenvalue weighted by atomic mass is 9.74. The van der Waals surface area contributed by atoms with Crippen LogP contribution >= 0.6 is 0 Å². The van der Waals surface area contributed by atoms with Crippen LogP contribution in [0.2, 0.25) is 0 Å². The van der Waals surface area contributed by atoms with Crippen LogP contribution in [-0.4, -0.2) is 24.3 Å². The van der Waals surface area contributed by atoms with Gasteiger partial charge in [0.25, 0.3) is 0 Å². The van der Waals surface area contributed by atoms with Crippen molar-refractivity contribution in [2.75, 3.05) is 13.2 Å². The third-order valence-corrected chi connectivity index (χ3v) is 4.91. The molecule has 0 radical (unpaired) electrons.